The van der Waals surface area contributed by atoms with Gasteiger partial charge in [0.05, 0.1) is 28.7 Å². The first-order valence-electron chi connectivity index (χ1n) is 9.07. The van der Waals surface area contributed by atoms with Gasteiger partial charge >= 0.3 is 0 Å². The number of hydrogen-bond acceptors (Lipinski definition) is 4. The molecule has 0 aliphatic carbocycles. The Balaban J connectivity index is 1.62. The average Bonchev–Trinajstić information content (AvgIpc) is 3.22. The lowest BCUT2D eigenvalue weighted by Crippen LogP contribution is -2.25. The number of carbonyl (C=O) groups excluding carboxylic acids is 1. The van der Waals surface area contributed by atoms with Gasteiger partial charge in [-0.1, -0.05) is 29.8 Å². The number of thiophene rings is 1. The molecule has 3 heterocycles. The first-order valence-corrected chi connectivity index (χ1v) is 10.3. The molecular formula is C22H18ClN3O2S. The van der Waals surface area contributed by atoms with Crippen molar-refractivity contribution in [2.24, 2.45) is 0 Å². The number of nitrogens with zero attached hydrogens (tertiary/aromatic N) is 2. The van der Waals surface area contributed by atoms with Crippen molar-refractivity contribution in [3.63, 3.8) is 0 Å². The van der Waals surface area contributed by atoms with Crippen molar-refractivity contribution in [1.82, 2.24) is 14.9 Å². The van der Waals surface area contributed by atoms with Crippen molar-refractivity contribution in [2.75, 3.05) is 0 Å². The maximum absolute atomic E-state index is 12.9. The van der Waals surface area contributed by atoms with Gasteiger partial charge in [0, 0.05) is 22.6 Å². The number of fused-ring (bicyclic) bond motifs is 1. The summed E-state index contributed by atoms with van der Waals surface area (Å²) in [6, 6.07) is 14.7. The predicted octanol–water partition coefficient (Wildman–Crippen LogP) is 4.40. The van der Waals surface area contributed by atoms with Crippen LogP contribution in [0.4, 0.5) is 0 Å². The molecule has 0 radical (unpaired) electrons. The highest BCUT2D eigenvalue weighted by Gasteiger charge is 2.14. The molecule has 0 saturated heterocycles. The summed E-state index contributed by atoms with van der Waals surface area (Å²) in [5, 5.41) is 5.95. The average molecular weight is 424 g/mol. The van der Waals surface area contributed by atoms with Crippen molar-refractivity contribution in [3.05, 3.63) is 97.2 Å². The fourth-order valence-electron chi connectivity index (χ4n) is 3.11. The minimum atomic E-state index is -0.264. The minimum absolute atomic E-state index is 0.157. The van der Waals surface area contributed by atoms with E-state index in [1.54, 1.807) is 47.2 Å². The standard InChI is InChI=1S/C22H18ClN3O2S/c1-14-18(21(27)24-12-15-4-6-16(23)7-5-15)11-19-20(25-14)8-9-26(22(19)28)13-17-3-2-10-29-17/h2-11H,12-13H2,1H3,(H,24,27). The Morgan fingerprint density at radius 3 is 2.72 bits per heavy atom. The first kappa shape index (κ1) is 19.4. The molecule has 7 heteroatoms. The van der Waals surface area contributed by atoms with Crippen LogP contribution in [0.3, 0.4) is 0 Å². The molecule has 0 saturated carbocycles. The summed E-state index contributed by atoms with van der Waals surface area (Å²) in [5.74, 6) is -0.264. The molecule has 0 bridgehead atoms. The van der Waals surface area contributed by atoms with Crippen LogP contribution in [0.5, 0.6) is 0 Å². The fraction of sp³-hybridized carbons (Fsp3) is 0.136. The molecule has 146 valence electrons. The Labute approximate surface area is 176 Å². The summed E-state index contributed by atoms with van der Waals surface area (Å²) in [5.41, 5.74) is 2.35. The molecule has 0 spiro atoms. The van der Waals surface area contributed by atoms with Crippen LogP contribution in [-0.4, -0.2) is 15.5 Å². The summed E-state index contributed by atoms with van der Waals surface area (Å²) >= 11 is 7.49. The van der Waals surface area contributed by atoms with E-state index in [1.165, 1.54) is 0 Å². The maximum Gasteiger partial charge on any atom is 0.260 e. The van der Waals surface area contributed by atoms with E-state index >= 15 is 0 Å². The lowest BCUT2D eigenvalue weighted by molar-refractivity contribution is 0.0950. The van der Waals surface area contributed by atoms with Gasteiger partial charge in [0.15, 0.2) is 0 Å². The highest BCUT2D eigenvalue weighted by molar-refractivity contribution is 7.09. The molecule has 5 nitrogen and oxygen atoms in total. The Kier molecular flexibility index (Phi) is 5.47. The van der Waals surface area contributed by atoms with Gasteiger partial charge in [-0.3, -0.25) is 14.6 Å². The molecule has 0 aliphatic rings. The van der Waals surface area contributed by atoms with Gasteiger partial charge in [-0.05, 0) is 48.2 Å². The van der Waals surface area contributed by atoms with Crippen LogP contribution >= 0.6 is 22.9 Å². The number of carbonyl (C=O) groups is 1. The number of rotatable bonds is 5. The van der Waals surface area contributed by atoms with E-state index < -0.39 is 0 Å². The maximum atomic E-state index is 12.9. The lowest BCUT2D eigenvalue weighted by atomic mass is 10.1. The van der Waals surface area contributed by atoms with Gasteiger partial charge in [-0.25, -0.2) is 0 Å². The first-order chi connectivity index (χ1) is 14.0. The zero-order valence-corrected chi connectivity index (χ0v) is 17.3. The van der Waals surface area contributed by atoms with Crippen molar-refractivity contribution in [3.8, 4) is 0 Å². The fourth-order valence-corrected chi connectivity index (χ4v) is 3.94. The zero-order chi connectivity index (χ0) is 20.4. The molecule has 0 unspecified atom stereocenters. The number of pyridine rings is 2. The second-order valence-corrected chi connectivity index (χ2v) is 8.16. The van der Waals surface area contributed by atoms with Crippen LogP contribution in [0.25, 0.3) is 10.9 Å². The summed E-state index contributed by atoms with van der Waals surface area (Å²) < 4.78 is 1.64. The van der Waals surface area contributed by atoms with E-state index in [0.717, 1.165) is 10.4 Å². The molecule has 4 rings (SSSR count). The lowest BCUT2D eigenvalue weighted by Gasteiger charge is -2.10. The second kappa shape index (κ2) is 8.19. The molecular weight excluding hydrogens is 406 g/mol. The highest BCUT2D eigenvalue weighted by Crippen LogP contribution is 2.16. The number of nitrogens with one attached hydrogen (secondary N) is 1. The van der Waals surface area contributed by atoms with Crippen LogP contribution in [-0.2, 0) is 13.1 Å². The number of benzene rings is 1. The molecule has 4 aromatic rings. The summed E-state index contributed by atoms with van der Waals surface area (Å²) in [6.07, 6.45) is 1.75. The summed E-state index contributed by atoms with van der Waals surface area (Å²) in [7, 11) is 0. The van der Waals surface area contributed by atoms with Crippen LogP contribution in [0.1, 0.15) is 26.5 Å². The van der Waals surface area contributed by atoms with Crippen molar-refractivity contribution in [1.29, 1.82) is 0 Å². The van der Waals surface area contributed by atoms with Gasteiger partial charge in [0.25, 0.3) is 11.5 Å². The smallest absolute Gasteiger partial charge is 0.260 e. The largest absolute Gasteiger partial charge is 0.348 e. The molecule has 0 atom stereocenters. The third kappa shape index (κ3) is 4.23. The van der Waals surface area contributed by atoms with Gasteiger partial charge in [0.2, 0.25) is 0 Å². The Bertz CT molecular complexity index is 1230. The third-order valence-electron chi connectivity index (χ3n) is 4.66. The SMILES string of the molecule is Cc1nc2ccn(Cc3cccs3)c(=O)c2cc1C(=O)NCc1ccc(Cl)cc1. The van der Waals surface area contributed by atoms with Gasteiger partial charge in [-0.2, -0.15) is 0 Å². The van der Waals surface area contributed by atoms with E-state index in [-0.39, 0.29) is 11.5 Å². The zero-order valence-electron chi connectivity index (χ0n) is 15.7. The monoisotopic (exact) mass is 423 g/mol. The van der Waals surface area contributed by atoms with E-state index in [2.05, 4.69) is 10.3 Å². The Morgan fingerprint density at radius 2 is 2.00 bits per heavy atom. The summed E-state index contributed by atoms with van der Waals surface area (Å²) in [4.78, 5) is 31.2. The molecule has 29 heavy (non-hydrogen) atoms. The van der Waals surface area contributed by atoms with Crippen molar-refractivity contribution < 1.29 is 4.79 Å². The second-order valence-electron chi connectivity index (χ2n) is 6.69. The van der Waals surface area contributed by atoms with Crippen LogP contribution in [0.2, 0.25) is 5.02 Å². The van der Waals surface area contributed by atoms with Crippen molar-refractivity contribution in [2.45, 2.75) is 20.0 Å². The minimum Gasteiger partial charge on any atom is -0.348 e. The van der Waals surface area contributed by atoms with Gasteiger partial charge < -0.3 is 9.88 Å². The molecule has 0 fully saturated rings. The highest BCUT2D eigenvalue weighted by atomic mass is 35.5. The normalized spacial score (nSPS) is 11.0. The van der Waals surface area contributed by atoms with E-state index in [4.69, 9.17) is 11.6 Å². The number of aromatic nitrogens is 2. The number of amides is 1. The van der Waals surface area contributed by atoms with Crippen LogP contribution < -0.4 is 10.9 Å². The molecule has 1 N–H and O–H groups in total. The number of halogens is 1. The quantitative estimate of drug-likeness (QED) is 0.517. The van der Waals surface area contributed by atoms with E-state index in [9.17, 15) is 9.59 Å². The van der Waals surface area contributed by atoms with Crippen LogP contribution in [0, 0.1) is 6.92 Å². The molecule has 1 amide bonds. The van der Waals surface area contributed by atoms with E-state index in [1.807, 2.05) is 35.7 Å². The van der Waals surface area contributed by atoms with E-state index in [0.29, 0.717) is 40.3 Å². The van der Waals surface area contributed by atoms with Gasteiger partial charge in [-0.15, -0.1) is 11.3 Å². The van der Waals surface area contributed by atoms with Crippen LogP contribution in [0.15, 0.2) is 64.9 Å². The number of hydrogen-bond donors (Lipinski definition) is 1. The van der Waals surface area contributed by atoms with Crippen molar-refractivity contribution >= 4 is 39.7 Å². The molecule has 1 aromatic carbocycles. The molecule has 0 aliphatic heterocycles. The number of aryl methyl sites for hydroxylation is 1. The van der Waals surface area contributed by atoms with Gasteiger partial charge in [0.1, 0.15) is 0 Å². The third-order valence-corrected chi connectivity index (χ3v) is 5.78. The molecule has 3 aromatic heterocycles. The summed E-state index contributed by atoms with van der Waals surface area (Å²) in [6.45, 7) is 2.64. The predicted molar refractivity (Wildman–Crippen MR) is 117 cm³/mol. The Morgan fingerprint density at radius 1 is 1.21 bits per heavy atom. The Hall–Kier alpha value is -2.96. The topological polar surface area (TPSA) is 64.0 Å².